The summed E-state index contributed by atoms with van der Waals surface area (Å²) in [6.45, 7) is 0. The Balaban J connectivity index is 2.42. The van der Waals surface area contributed by atoms with Crippen LogP contribution in [-0.2, 0) is 0 Å². The Bertz CT molecular complexity index is 892. The Morgan fingerprint density at radius 2 is 1.75 bits per heavy atom. The summed E-state index contributed by atoms with van der Waals surface area (Å²) in [5.41, 5.74) is 0.569. The van der Waals surface area contributed by atoms with E-state index in [1.165, 1.54) is 25.3 Å². The van der Waals surface area contributed by atoms with E-state index >= 15 is 0 Å². The van der Waals surface area contributed by atoms with E-state index < -0.39 is 5.97 Å². The van der Waals surface area contributed by atoms with E-state index in [1.54, 1.807) is 18.2 Å². The van der Waals surface area contributed by atoms with Crippen molar-refractivity contribution in [2.45, 2.75) is 0 Å². The SMILES string of the molecule is COc1ccc2oc3ccc(C(=O)O)cc3c(=O)c2c1. The molecule has 5 nitrogen and oxygen atoms in total. The molecule has 3 rings (SSSR count). The van der Waals surface area contributed by atoms with Gasteiger partial charge in [-0.2, -0.15) is 0 Å². The molecule has 0 spiro atoms. The highest BCUT2D eigenvalue weighted by atomic mass is 16.5. The van der Waals surface area contributed by atoms with Crippen molar-refractivity contribution in [3.63, 3.8) is 0 Å². The van der Waals surface area contributed by atoms with Crippen molar-refractivity contribution in [1.82, 2.24) is 0 Å². The molecule has 0 amide bonds. The normalized spacial score (nSPS) is 10.8. The molecule has 1 heterocycles. The molecule has 3 aromatic rings. The molecular formula is C15H10O5. The third-order valence-electron chi connectivity index (χ3n) is 3.12. The Morgan fingerprint density at radius 3 is 2.40 bits per heavy atom. The van der Waals surface area contributed by atoms with Crippen LogP contribution in [0.15, 0.2) is 45.6 Å². The van der Waals surface area contributed by atoms with Gasteiger partial charge in [0.15, 0.2) is 0 Å². The molecular weight excluding hydrogens is 260 g/mol. The van der Waals surface area contributed by atoms with Crippen LogP contribution in [-0.4, -0.2) is 18.2 Å². The summed E-state index contributed by atoms with van der Waals surface area (Å²) in [6.07, 6.45) is 0. The summed E-state index contributed by atoms with van der Waals surface area (Å²) in [5.74, 6) is -0.546. The van der Waals surface area contributed by atoms with Crippen LogP contribution in [0.2, 0.25) is 0 Å². The smallest absolute Gasteiger partial charge is 0.335 e. The number of aromatic carboxylic acids is 1. The molecule has 100 valence electrons. The summed E-state index contributed by atoms with van der Waals surface area (Å²) in [6, 6.07) is 9.14. The molecule has 20 heavy (non-hydrogen) atoms. The van der Waals surface area contributed by atoms with Crippen molar-refractivity contribution in [2.24, 2.45) is 0 Å². The van der Waals surface area contributed by atoms with Crippen molar-refractivity contribution in [3.8, 4) is 5.75 Å². The van der Waals surface area contributed by atoms with E-state index in [-0.39, 0.29) is 16.4 Å². The molecule has 0 saturated carbocycles. The number of methoxy groups -OCH3 is 1. The molecule has 1 N–H and O–H groups in total. The molecule has 0 aliphatic carbocycles. The van der Waals surface area contributed by atoms with Crippen molar-refractivity contribution in [3.05, 3.63) is 52.2 Å². The lowest BCUT2D eigenvalue weighted by Gasteiger charge is -2.04. The number of ether oxygens (including phenoxy) is 1. The van der Waals surface area contributed by atoms with Crippen LogP contribution in [0.3, 0.4) is 0 Å². The number of rotatable bonds is 2. The van der Waals surface area contributed by atoms with Crippen molar-refractivity contribution in [2.75, 3.05) is 7.11 Å². The lowest BCUT2D eigenvalue weighted by molar-refractivity contribution is 0.0697. The number of carboxylic acid groups (broad SMARTS) is 1. The second kappa shape index (κ2) is 4.38. The Hall–Kier alpha value is -2.82. The molecule has 0 unspecified atom stereocenters. The van der Waals surface area contributed by atoms with Crippen LogP contribution in [0.25, 0.3) is 21.9 Å². The molecule has 5 heteroatoms. The van der Waals surface area contributed by atoms with Crippen molar-refractivity contribution < 1.29 is 19.1 Å². The summed E-state index contributed by atoms with van der Waals surface area (Å²) in [7, 11) is 1.51. The monoisotopic (exact) mass is 270 g/mol. The molecule has 0 aliphatic rings. The average molecular weight is 270 g/mol. The third kappa shape index (κ3) is 1.80. The van der Waals surface area contributed by atoms with E-state index in [4.69, 9.17) is 14.3 Å². The topological polar surface area (TPSA) is 76.7 Å². The maximum absolute atomic E-state index is 12.4. The Kier molecular flexibility index (Phi) is 2.68. The summed E-state index contributed by atoms with van der Waals surface area (Å²) in [5, 5.41) is 9.58. The van der Waals surface area contributed by atoms with Gasteiger partial charge in [0.25, 0.3) is 0 Å². The van der Waals surface area contributed by atoms with Gasteiger partial charge in [0, 0.05) is 0 Å². The first-order valence-electron chi connectivity index (χ1n) is 5.88. The standard InChI is InChI=1S/C15H10O5/c1-19-9-3-5-13-11(7-9)14(16)10-6-8(15(17)18)2-4-12(10)20-13/h2-7H,1H3,(H,17,18). The van der Waals surface area contributed by atoms with Gasteiger partial charge in [0.05, 0.1) is 23.4 Å². The maximum atomic E-state index is 12.4. The number of fused-ring (bicyclic) bond motifs is 2. The fraction of sp³-hybridized carbons (Fsp3) is 0.0667. The molecule has 0 atom stereocenters. The summed E-state index contributed by atoms with van der Waals surface area (Å²) < 4.78 is 10.7. The molecule has 0 fully saturated rings. The fourth-order valence-corrected chi connectivity index (χ4v) is 2.10. The molecule has 0 radical (unpaired) electrons. The second-order valence-corrected chi connectivity index (χ2v) is 4.31. The fourth-order valence-electron chi connectivity index (χ4n) is 2.10. The highest BCUT2D eigenvalue weighted by molar-refractivity contribution is 5.96. The zero-order chi connectivity index (χ0) is 14.3. The number of benzene rings is 2. The second-order valence-electron chi connectivity index (χ2n) is 4.31. The van der Waals surface area contributed by atoms with E-state index in [0.717, 1.165) is 0 Å². The van der Waals surface area contributed by atoms with Crippen LogP contribution in [0, 0.1) is 0 Å². The van der Waals surface area contributed by atoms with Crippen LogP contribution in [0.4, 0.5) is 0 Å². The molecule has 0 bridgehead atoms. The van der Waals surface area contributed by atoms with E-state index in [1.807, 2.05) is 0 Å². The Morgan fingerprint density at radius 1 is 1.10 bits per heavy atom. The van der Waals surface area contributed by atoms with Crippen molar-refractivity contribution >= 4 is 27.9 Å². The van der Waals surface area contributed by atoms with Gasteiger partial charge in [-0.3, -0.25) is 4.79 Å². The van der Waals surface area contributed by atoms with E-state index in [9.17, 15) is 9.59 Å². The number of carboxylic acids is 1. The van der Waals surface area contributed by atoms with E-state index in [2.05, 4.69) is 0 Å². The van der Waals surface area contributed by atoms with Crippen LogP contribution >= 0.6 is 0 Å². The number of hydrogen-bond donors (Lipinski definition) is 1. The van der Waals surface area contributed by atoms with Gasteiger partial charge in [-0.25, -0.2) is 4.79 Å². The van der Waals surface area contributed by atoms with Gasteiger partial charge in [-0.15, -0.1) is 0 Å². The minimum Gasteiger partial charge on any atom is -0.497 e. The first kappa shape index (κ1) is 12.2. The molecule has 1 aromatic heterocycles. The van der Waals surface area contributed by atoms with E-state index in [0.29, 0.717) is 22.3 Å². The van der Waals surface area contributed by atoms with Gasteiger partial charge in [-0.1, -0.05) is 0 Å². The zero-order valence-electron chi connectivity index (χ0n) is 10.5. The van der Waals surface area contributed by atoms with Gasteiger partial charge in [0.1, 0.15) is 16.9 Å². The maximum Gasteiger partial charge on any atom is 0.335 e. The summed E-state index contributed by atoms with van der Waals surface area (Å²) >= 11 is 0. The number of hydrogen-bond acceptors (Lipinski definition) is 4. The molecule has 2 aromatic carbocycles. The molecule has 0 aliphatic heterocycles. The first-order valence-corrected chi connectivity index (χ1v) is 5.88. The average Bonchev–Trinajstić information content (AvgIpc) is 2.47. The number of carbonyl (C=O) groups is 1. The Labute approximate surface area is 113 Å². The van der Waals surface area contributed by atoms with Crippen molar-refractivity contribution in [1.29, 1.82) is 0 Å². The summed E-state index contributed by atoms with van der Waals surface area (Å²) in [4.78, 5) is 23.4. The highest BCUT2D eigenvalue weighted by Gasteiger charge is 2.11. The van der Waals surface area contributed by atoms with Crippen LogP contribution in [0.1, 0.15) is 10.4 Å². The predicted octanol–water partition coefficient (Wildman–Crippen LogP) is 2.65. The highest BCUT2D eigenvalue weighted by Crippen LogP contribution is 2.23. The molecule has 0 saturated heterocycles. The van der Waals surface area contributed by atoms with Crippen LogP contribution in [0.5, 0.6) is 5.75 Å². The quantitative estimate of drug-likeness (QED) is 0.724. The lowest BCUT2D eigenvalue weighted by Crippen LogP contribution is -2.04. The van der Waals surface area contributed by atoms with Gasteiger partial charge in [0.2, 0.25) is 5.43 Å². The first-order chi connectivity index (χ1) is 9.60. The lowest BCUT2D eigenvalue weighted by atomic mass is 10.1. The minimum absolute atomic E-state index is 0.0482. The zero-order valence-corrected chi connectivity index (χ0v) is 10.5. The van der Waals surface area contributed by atoms with Crippen LogP contribution < -0.4 is 10.2 Å². The van der Waals surface area contributed by atoms with Gasteiger partial charge >= 0.3 is 5.97 Å². The van der Waals surface area contributed by atoms with Gasteiger partial charge < -0.3 is 14.3 Å². The van der Waals surface area contributed by atoms with Gasteiger partial charge in [-0.05, 0) is 36.4 Å². The largest absolute Gasteiger partial charge is 0.497 e. The predicted molar refractivity (Wildman–Crippen MR) is 73.5 cm³/mol. The third-order valence-corrected chi connectivity index (χ3v) is 3.12. The minimum atomic E-state index is -1.09.